The first-order valence-electron chi connectivity index (χ1n) is 5.60. The van der Waals surface area contributed by atoms with Crippen LogP contribution in [0, 0.1) is 0 Å². The highest BCUT2D eigenvalue weighted by atomic mass is 16.4. The molecule has 1 saturated carbocycles. The van der Waals surface area contributed by atoms with E-state index in [0.717, 1.165) is 5.56 Å². The number of rotatable bonds is 3. The molecule has 4 nitrogen and oxygen atoms in total. The summed E-state index contributed by atoms with van der Waals surface area (Å²) in [4.78, 5) is 22.2. The average Bonchev–Trinajstić information content (AvgIpc) is 2.23. The van der Waals surface area contributed by atoms with Gasteiger partial charge in [0.15, 0.2) is 0 Å². The Kier molecular flexibility index (Phi) is 2.88. The summed E-state index contributed by atoms with van der Waals surface area (Å²) in [5.74, 6) is -1.02. The lowest BCUT2D eigenvalue weighted by molar-refractivity contribution is -0.152. The topological polar surface area (TPSA) is 66.4 Å². The zero-order valence-electron chi connectivity index (χ0n) is 9.64. The van der Waals surface area contributed by atoms with Crippen molar-refractivity contribution in [2.45, 2.75) is 31.2 Å². The first-order valence-corrected chi connectivity index (χ1v) is 5.60. The van der Waals surface area contributed by atoms with Crippen molar-refractivity contribution in [3.63, 3.8) is 0 Å². The zero-order chi connectivity index (χ0) is 12.5. The van der Waals surface area contributed by atoms with Gasteiger partial charge in [-0.05, 0) is 24.3 Å². The Morgan fingerprint density at radius 1 is 1.29 bits per heavy atom. The fourth-order valence-electron chi connectivity index (χ4n) is 2.41. The monoisotopic (exact) mass is 233 g/mol. The number of carboxylic acid groups (broad SMARTS) is 1. The molecule has 0 aromatic heterocycles. The van der Waals surface area contributed by atoms with Crippen molar-refractivity contribution in [2.24, 2.45) is 0 Å². The number of carbonyl (C=O) groups is 2. The number of amides is 1. The van der Waals surface area contributed by atoms with E-state index in [4.69, 9.17) is 0 Å². The second kappa shape index (κ2) is 4.20. The van der Waals surface area contributed by atoms with Gasteiger partial charge in [0.25, 0.3) is 0 Å². The van der Waals surface area contributed by atoms with Crippen LogP contribution < -0.4 is 5.32 Å². The lowest BCUT2D eigenvalue weighted by Gasteiger charge is -2.44. The fourth-order valence-corrected chi connectivity index (χ4v) is 2.41. The lowest BCUT2D eigenvalue weighted by atomic mass is 9.65. The molecule has 0 aliphatic heterocycles. The molecule has 0 bridgehead atoms. The lowest BCUT2D eigenvalue weighted by Crippen LogP contribution is -2.61. The van der Waals surface area contributed by atoms with E-state index in [1.54, 1.807) is 0 Å². The Balaban J connectivity index is 2.08. The zero-order valence-corrected chi connectivity index (χ0v) is 9.64. The summed E-state index contributed by atoms with van der Waals surface area (Å²) in [5.41, 5.74) is 0.0709. The maximum Gasteiger partial charge on any atom is 0.329 e. The van der Waals surface area contributed by atoms with Crippen molar-refractivity contribution < 1.29 is 14.7 Å². The summed E-state index contributed by atoms with van der Waals surface area (Å²) in [6, 6.07) is 9.79. The molecule has 0 saturated heterocycles. The molecule has 0 spiro atoms. The van der Waals surface area contributed by atoms with Crippen molar-refractivity contribution >= 4 is 11.9 Å². The number of benzene rings is 1. The summed E-state index contributed by atoms with van der Waals surface area (Å²) in [6.07, 6.45) is 0.928. The Hall–Kier alpha value is -1.84. The summed E-state index contributed by atoms with van der Waals surface area (Å²) < 4.78 is 0. The van der Waals surface area contributed by atoms with Crippen molar-refractivity contribution in [1.29, 1.82) is 0 Å². The number of carboxylic acids is 1. The molecule has 2 rings (SSSR count). The molecule has 90 valence electrons. The number of aliphatic carboxylic acids is 1. The molecule has 17 heavy (non-hydrogen) atoms. The Bertz CT molecular complexity index is 435. The molecule has 0 radical (unpaired) electrons. The highest BCUT2D eigenvalue weighted by molar-refractivity contribution is 5.87. The molecule has 4 heteroatoms. The van der Waals surface area contributed by atoms with Crippen molar-refractivity contribution in [3.8, 4) is 0 Å². The quantitative estimate of drug-likeness (QED) is 0.831. The first-order chi connectivity index (χ1) is 8.03. The van der Waals surface area contributed by atoms with E-state index in [9.17, 15) is 14.7 Å². The summed E-state index contributed by atoms with van der Waals surface area (Å²) in [6.45, 7) is 1.35. The van der Waals surface area contributed by atoms with Crippen molar-refractivity contribution in [2.75, 3.05) is 0 Å². The smallest absolute Gasteiger partial charge is 0.329 e. The molecule has 0 atom stereocenters. The van der Waals surface area contributed by atoms with Gasteiger partial charge in [-0.2, -0.15) is 0 Å². The number of carbonyl (C=O) groups excluding carboxylic acids is 1. The van der Waals surface area contributed by atoms with Gasteiger partial charge < -0.3 is 10.4 Å². The Morgan fingerprint density at radius 3 is 2.35 bits per heavy atom. The SMILES string of the molecule is CC(=O)NC1(C(=O)O)CC(c2ccccc2)C1. The molecule has 1 aromatic carbocycles. The van der Waals surface area contributed by atoms with Crippen LogP contribution in [0.4, 0.5) is 0 Å². The third-order valence-corrected chi connectivity index (χ3v) is 3.29. The molecule has 1 aliphatic carbocycles. The highest BCUT2D eigenvalue weighted by Crippen LogP contribution is 2.44. The third-order valence-electron chi connectivity index (χ3n) is 3.29. The van der Waals surface area contributed by atoms with Gasteiger partial charge in [0.1, 0.15) is 5.54 Å². The molecule has 1 amide bonds. The molecule has 0 unspecified atom stereocenters. The van der Waals surface area contributed by atoms with Crippen molar-refractivity contribution in [3.05, 3.63) is 35.9 Å². The molecule has 2 N–H and O–H groups in total. The standard InChI is InChI=1S/C13H15NO3/c1-9(15)14-13(12(16)17)7-11(8-13)10-5-3-2-4-6-10/h2-6,11H,7-8H2,1H3,(H,14,15)(H,16,17). The van der Waals surface area contributed by atoms with Gasteiger partial charge in [-0.15, -0.1) is 0 Å². The minimum absolute atomic E-state index is 0.221. The molecule has 1 aromatic rings. The van der Waals surface area contributed by atoms with Crippen LogP contribution in [0.25, 0.3) is 0 Å². The number of hydrogen-bond donors (Lipinski definition) is 2. The molecule has 0 heterocycles. The molecule has 1 aliphatic rings. The van der Waals surface area contributed by atoms with E-state index >= 15 is 0 Å². The number of nitrogens with one attached hydrogen (secondary N) is 1. The van der Waals surface area contributed by atoms with E-state index < -0.39 is 11.5 Å². The first kappa shape index (κ1) is 11.6. The van der Waals surface area contributed by atoms with Crippen molar-refractivity contribution in [1.82, 2.24) is 5.32 Å². The van der Waals surface area contributed by atoms with Gasteiger partial charge in [-0.25, -0.2) is 4.79 Å². The van der Waals surface area contributed by atoms with Crippen LogP contribution in [-0.2, 0) is 9.59 Å². The van der Waals surface area contributed by atoms with E-state index in [0.29, 0.717) is 12.8 Å². The van der Waals surface area contributed by atoms with Crippen LogP contribution in [0.15, 0.2) is 30.3 Å². The second-order valence-electron chi connectivity index (χ2n) is 4.58. The molecular weight excluding hydrogens is 218 g/mol. The summed E-state index contributed by atoms with van der Waals surface area (Å²) >= 11 is 0. The minimum Gasteiger partial charge on any atom is -0.480 e. The summed E-state index contributed by atoms with van der Waals surface area (Å²) in [7, 11) is 0. The summed E-state index contributed by atoms with van der Waals surface area (Å²) in [5, 5.41) is 11.7. The molecule has 1 fully saturated rings. The maximum absolute atomic E-state index is 11.2. The van der Waals surface area contributed by atoms with Crippen LogP contribution >= 0.6 is 0 Å². The second-order valence-corrected chi connectivity index (χ2v) is 4.58. The minimum atomic E-state index is -1.06. The van der Waals surface area contributed by atoms with Gasteiger partial charge in [0.2, 0.25) is 5.91 Å². The Morgan fingerprint density at radius 2 is 1.88 bits per heavy atom. The van der Waals surface area contributed by atoms with E-state index in [2.05, 4.69) is 5.32 Å². The average molecular weight is 233 g/mol. The predicted molar refractivity (Wildman–Crippen MR) is 62.6 cm³/mol. The van der Waals surface area contributed by atoms with Gasteiger partial charge in [0, 0.05) is 6.92 Å². The number of hydrogen-bond acceptors (Lipinski definition) is 2. The largest absolute Gasteiger partial charge is 0.480 e. The van der Waals surface area contributed by atoms with Crippen LogP contribution in [0.1, 0.15) is 31.2 Å². The third kappa shape index (κ3) is 2.16. The highest BCUT2D eigenvalue weighted by Gasteiger charge is 2.51. The van der Waals surface area contributed by atoms with Crippen LogP contribution in [0.5, 0.6) is 0 Å². The maximum atomic E-state index is 11.2. The fraction of sp³-hybridized carbons (Fsp3) is 0.385. The van der Waals surface area contributed by atoms with Crippen LogP contribution in [0.3, 0.4) is 0 Å². The molecular formula is C13H15NO3. The van der Waals surface area contributed by atoms with E-state index in [-0.39, 0.29) is 11.8 Å². The Labute approximate surface area is 99.6 Å². The van der Waals surface area contributed by atoms with Gasteiger partial charge in [0.05, 0.1) is 0 Å². The van der Waals surface area contributed by atoms with Gasteiger partial charge in [-0.1, -0.05) is 30.3 Å². The van der Waals surface area contributed by atoms with Gasteiger partial charge in [-0.3, -0.25) is 4.79 Å². The van der Waals surface area contributed by atoms with Crippen LogP contribution in [0.2, 0.25) is 0 Å². The normalized spacial score (nSPS) is 27.0. The van der Waals surface area contributed by atoms with E-state index in [1.807, 2.05) is 30.3 Å². The van der Waals surface area contributed by atoms with Gasteiger partial charge >= 0.3 is 5.97 Å². The van der Waals surface area contributed by atoms with E-state index in [1.165, 1.54) is 6.92 Å². The predicted octanol–water partition coefficient (Wildman–Crippen LogP) is 1.52. The van der Waals surface area contributed by atoms with Crippen LogP contribution in [-0.4, -0.2) is 22.5 Å².